The van der Waals surface area contributed by atoms with Crippen LogP contribution in [0.4, 0.5) is 0 Å². The lowest BCUT2D eigenvalue weighted by atomic mass is 9.92. The predicted molar refractivity (Wildman–Crippen MR) is 86.3 cm³/mol. The third-order valence-corrected chi connectivity index (χ3v) is 6.82. The summed E-state index contributed by atoms with van der Waals surface area (Å²) in [6, 6.07) is 0.433. The molecule has 0 radical (unpaired) electrons. The Kier molecular flexibility index (Phi) is 7.44. The van der Waals surface area contributed by atoms with E-state index < -0.39 is 9.84 Å². The lowest BCUT2D eigenvalue weighted by Crippen LogP contribution is -2.41. The summed E-state index contributed by atoms with van der Waals surface area (Å²) < 4.78 is 24.2. The van der Waals surface area contributed by atoms with E-state index in [0.29, 0.717) is 0 Å². The minimum Gasteiger partial charge on any atom is -0.353 e. The van der Waals surface area contributed by atoms with Crippen molar-refractivity contribution in [3.8, 4) is 0 Å². The molecule has 21 heavy (non-hydrogen) atoms. The standard InChI is InChI=1S/C14H26N2O3S.ClH/c15-11-5-7-12(8-6-11)16-14(17)9-10-20(18,19)13-3-1-2-4-13;/h11-13H,1-10,15H2,(H,16,17);1H. The van der Waals surface area contributed by atoms with Gasteiger partial charge in [0.25, 0.3) is 0 Å². The van der Waals surface area contributed by atoms with Crippen molar-refractivity contribution in [3.63, 3.8) is 0 Å². The van der Waals surface area contributed by atoms with E-state index in [9.17, 15) is 13.2 Å². The van der Waals surface area contributed by atoms with Crippen LogP contribution in [0.25, 0.3) is 0 Å². The Morgan fingerprint density at radius 2 is 1.62 bits per heavy atom. The first kappa shape index (κ1) is 18.7. The van der Waals surface area contributed by atoms with Gasteiger partial charge in [-0.3, -0.25) is 4.79 Å². The molecular weight excluding hydrogens is 312 g/mol. The van der Waals surface area contributed by atoms with Crippen LogP contribution in [0.1, 0.15) is 57.8 Å². The molecule has 0 atom stereocenters. The highest BCUT2D eigenvalue weighted by Gasteiger charge is 2.29. The van der Waals surface area contributed by atoms with Crippen molar-refractivity contribution in [2.45, 2.75) is 75.1 Å². The van der Waals surface area contributed by atoms with Crippen molar-refractivity contribution < 1.29 is 13.2 Å². The predicted octanol–water partition coefficient (Wildman–Crippen LogP) is 1.54. The number of sulfone groups is 1. The van der Waals surface area contributed by atoms with E-state index >= 15 is 0 Å². The molecule has 0 bridgehead atoms. The number of carbonyl (C=O) groups is 1. The van der Waals surface area contributed by atoms with Crippen molar-refractivity contribution in [2.75, 3.05) is 5.75 Å². The molecule has 0 spiro atoms. The summed E-state index contributed by atoms with van der Waals surface area (Å²) in [5.41, 5.74) is 5.82. The topological polar surface area (TPSA) is 89.3 Å². The minimum absolute atomic E-state index is 0. The summed E-state index contributed by atoms with van der Waals surface area (Å²) in [5.74, 6) is -0.137. The molecule has 2 aliphatic carbocycles. The van der Waals surface area contributed by atoms with Crippen molar-refractivity contribution in [1.82, 2.24) is 5.32 Å². The molecule has 2 fully saturated rings. The summed E-state index contributed by atoms with van der Waals surface area (Å²) in [5, 5.41) is 2.74. The Balaban J connectivity index is 0.00000220. The van der Waals surface area contributed by atoms with Crippen LogP contribution in [0.15, 0.2) is 0 Å². The lowest BCUT2D eigenvalue weighted by molar-refractivity contribution is -0.121. The van der Waals surface area contributed by atoms with Gasteiger partial charge in [0.2, 0.25) is 5.91 Å². The fourth-order valence-corrected chi connectivity index (χ4v) is 5.07. The summed E-state index contributed by atoms with van der Waals surface area (Å²) in [7, 11) is -3.09. The van der Waals surface area contributed by atoms with Gasteiger partial charge in [-0.15, -0.1) is 12.4 Å². The largest absolute Gasteiger partial charge is 0.353 e. The Morgan fingerprint density at radius 1 is 1.05 bits per heavy atom. The third-order valence-electron chi connectivity index (χ3n) is 4.56. The molecule has 2 saturated carbocycles. The van der Waals surface area contributed by atoms with Crippen LogP contribution >= 0.6 is 12.4 Å². The van der Waals surface area contributed by atoms with E-state index in [1.165, 1.54) is 0 Å². The molecule has 0 heterocycles. The van der Waals surface area contributed by atoms with Crippen molar-refractivity contribution in [1.29, 1.82) is 0 Å². The zero-order chi connectivity index (χ0) is 14.6. The molecule has 0 aromatic carbocycles. The number of rotatable bonds is 5. The number of nitrogens with two attached hydrogens (primary N) is 1. The van der Waals surface area contributed by atoms with Crippen LogP contribution in [0, 0.1) is 0 Å². The number of halogens is 1. The van der Waals surface area contributed by atoms with Crippen molar-refractivity contribution in [2.24, 2.45) is 5.73 Å². The normalized spacial score (nSPS) is 27.1. The van der Waals surface area contributed by atoms with E-state index in [-0.39, 0.29) is 47.8 Å². The zero-order valence-electron chi connectivity index (χ0n) is 12.4. The van der Waals surface area contributed by atoms with Crippen LogP contribution in [-0.4, -0.2) is 37.4 Å². The van der Waals surface area contributed by atoms with Gasteiger partial charge in [-0.1, -0.05) is 12.8 Å². The fraction of sp³-hybridized carbons (Fsp3) is 0.929. The van der Waals surface area contributed by atoms with Gasteiger partial charge in [-0.05, 0) is 38.5 Å². The van der Waals surface area contributed by atoms with Crippen molar-refractivity contribution in [3.05, 3.63) is 0 Å². The maximum atomic E-state index is 12.1. The minimum atomic E-state index is -3.09. The lowest BCUT2D eigenvalue weighted by Gasteiger charge is -2.26. The first-order valence-electron chi connectivity index (χ1n) is 7.74. The smallest absolute Gasteiger partial charge is 0.221 e. The zero-order valence-corrected chi connectivity index (χ0v) is 14.1. The first-order valence-corrected chi connectivity index (χ1v) is 9.45. The van der Waals surface area contributed by atoms with Crippen LogP contribution < -0.4 is 11.1 Å². The first-order chi connectivity index (χ1) is 9.47. The molecule has 1 amide bonds. The van der Waals surface area contributed by atoms with Gasteiger partial charge in [0.05, 0.1) is 11.0 Å². The molecule has 124 valence electrons. The molecule has 0 aliphatic heterocycles. The van der Waals surface area contributed by atoms with Crippen LogP contribution in [0.3, 0.4) is 0 Å². The van der Waals surface area contributed by atoms with Gasteiger partial charge >= 0.3 is 0 Å². The van der Waals surface area contributed by atoms with Crippen LogP contribution in [0.5, 0.6) is 0 Å². The Labute approximate surface area is 133 Å². The summed E-state index contributed by atoms with van der Waals surface area (Å²) >= 11 is 0. The average molecular weight is 339 g/mol. The Bertz CT molecular complexity index is 428. The number of hydrogen-bond donors (Lipinski definition) is 2. The van der Waals surface area contributed by atoms with E-state index in [1.807, 2.05) is 0 Å². The Morgan fingerprint density at radius 3 is 2.19 bits per heavy atom. The fourth-order valence-electron chi connectivity index (χ4n) is 3.21. The van der Waals surface area contributed by atoms with Gasteiger partial charge in [0.1, 0.15) is 0 Å². The van der Waals surface area contributed by atoms with Crippen LogP contribution in [-0.2, 0) is 14.6 Å². The molecule has 2 aliphatic rings. The molecular formula is C14H27ClN2O3S. The second-order valence-electron chi connectivity index (χ2n) is 6.20. The van der Waals surface area contributed by atoms with Crippen molar-refractivity contribution >= 4 is 28.2 Å². The van der Waals surface area contributed by atoms with Gasteiger partial charge in [-0.25, -0.2) is 8.42 Å². The van der Waals surface area contributed by atoms with E-state index in [2.05, 4.69) is 5.32 Å². The number of carbonyl (C=O) groups excluding carboxylic acids is 1. The highest BCUT2D eigenvalue weighted by molar-refractivity contribution is 7.92. The molecule has 5 nitrogen and oxygen atoms in total. The molecule has 0 unspecified atom stereocenters. The van der Waals surface area contributed by atoms with E-state index in [1.54, 1.807) is 0 Å². The highest BCUT2D eigenvalue weighted by atomic mass is 35.5. The number of amides is 1. The molecule has 2 rings (SSSR count). The summed E-state index contributed by atoms with van der Waals surface area (Å²) in [4.78, 5) is 11.8. The second kappa shape index (κ2) is 8.34. The molecule has 3 N–H and O–H groups in total. The molecule has 0 aromatic rings. The van der Waals surface area contributed by atoms with Gasteiger partial charge in [0.15, 0.2) is 9.84 Å². The summed E-state index contributed by atoms with van der Waals surface area (Å²) in [6.07, 6.45) is 7.31. The van der Waals surface area contributed by atoms with E-state index in [4.69, 9.17) is 5.73 Å². The number of nitrogens with one attached hydrogen (secondary N) is 1. The third kappa shape index (κ3) is 5.75. The average Bonchev–Trinajstić information content (AvgIpc) is 2.94. The SMILES string of the molecule is Cl.NC1CCC(NC(=O)CCS(=O)(=O)C2CCCC2)CC1. The molecule has 7 heteroatoms. The molecule has 0 saturated heterocycles. The van der Waals surface area contributed by atoms with Gasteiger partial charge in [-0.2, -0.15) is 0 Å². The molecule has 0 aromatic heterocycles. The number of hydrogen-bond acceptors (Lipinski definition) is 4. The van der Waals surface area contributed by atoms with Crippen LogP contribution in [0.2, 0.25) is 0 Å². The summed E-state index contributed by atoms with van der Waals surface area (Å²) in [6.45, 7) is 0. The maximum absolute atomic E-state index is 12.1. The van der Waals surface area contributed by atoms with Gasteiger partial charge < -0.3 is 11.1 Å². The maximum Gasteiger partial charge on any atom is 0.221 e. The van der Waals surface area contributed by atoms with Gasteiger partial charge in [0, 0.05) is 18.5 Å². The quantitative estimate of drug-likeness (QED) is 0.795. The Hall–Kier alpha value is -0.330. The monoisotopic (exact) mass is 338 g/mol. The second-order valence-corrected chi connectivity index (χ2v) is 8.60. The highest BCUT2D eigenvalue weighted by Crippen LogP contribution is 2.25. The van der Waals surface area contributed by atoms with E-state index in [0.717, 1.165) is 51.4 Å².